The molecule has 0 aromatic heterocycles. The Labute approximate surface area is 154 Å². The summed E-state index contributed by atoms with van der Waals surface area (Å²) in [6, 6.07) is 8.94. The van der Waals surface area contributed by atoms with Crippen molar-refractivity contribution in [1.82, 2.24) is 9.62 Å². The van der Waals surface area contributed by atoms with Crippen LogP contribution in [0.4, 0.5) is 0 Å². The average Bonchev–Trinajstić information content (AvgIpc) is 2.60. The Morgan fingerprint density at radius 1 is 1.27 bits per heavy atom. The quantitative estimate of drug-likeness (QED) is 0.743. The van der Waals surface area contributed by atoms with Crippen molar-refractivity contribution in [2.75, 3.05) is 19.6 Å². The molecule has 0 radical (unpaired) electrons. The molecule has 144 valence electrons. The highest BCUT2D eigenvalue weighted by molar-refractivity contribution is 7.88. The van der Waals surface area contributed by atoms with Crippen molar-refractivity contribution in [3.63, 3.8) is 0 Å². The number of aliphatic carboxylic acids is 1. The van der Waals surface area contributed by atoms with Gasteiger partial charge in [0.05, 0.1) is 17.1 Å². The van der Waals surface area contributed by atoms with Crippen LogP contribution >= 0.6 is 0 Å². The molecule has 2 N–H and O–H groups in total. The number of carboxylic acid groups (broad SMARTS) is 1. The fourth-order valence-corrected chi connectivity index (χ4v) is 4.42. The standard InChI is InChI=1S/C18H26N2O5S/c1-18(2,17(22)23)13-19-16(21)15-9-6-10-20(11-15)26(24,25)12-14-7-4-3-5-8-14/h3-5,7-8,15H,6,9-13H2,1-2H3,(H,19,21)(H,22,23). The number of carboxylic acids is 1. The summed E-state index contributed by atoms with van der Waals surface area (Å²) >= 11 is 0. The van der Waals surface area contributed by atoms with Gasteiger partial charge in [0.25, 0.3) is 0 Å². The molecule has 8 heteroatoms. The number of benzene rings is 1. The second kappa shape index (κ2) is 8.18. The Balaban J connectivity index is 1.97. The summed E-state index contributed by atoms with van der Waals surface area (Å²) in [5.74, 6) is -1.83. The van der Waals surface area contributed by atoms with Gasteiger partial charge in [-0.05, 0) is 32.3 Å². The smallest absolute Gasteiger partial charge is 0.310 e. The lowest BCUT2D eigenvalue weighted by atomic mass is 9.93. The Hall–Kier alpha value is -1.93. The number of piperidine rings is 1. The zero-order valence-corrected chi connectivity index (χ0v) is 16.0. The molecule has 0 bridgehead atoms. The molecular weight excluding hydrogens is 356 g/mol. The highest BCUT2D eigenvalue weighted by Crippen LogP contribution is 2.22. The Morgan fingerprint density at radius 2 is 1.92 bits per heavy atom. The fourth-order valence-electron chi connectivity index (χ4n) is 2.81. The summed E-state index contributed by atoms with van der Waals surface area (Å²) < 4.78 is 26.7. The van der Waals surface area contributed by atoms with E-state index in [0.29, 0.717) is 24.9 Å². The van der Waals surface area contributed by atoms with E-state index in [1.165, 1.54) is 18.2 Å². The van der Waals surface area contributed by atoms with E-state index in [1.54, 1.807) is 24.3 Å². The lowest BCUT2D eigenvalue weighted by Gasteiger charge is -2.32. The van der Waals surface area contributed by atoms with Crippen LogP contribution in [0.2, 0.25) is 0 Å². The predicted molar refractivity (Wildman–Crippen MR) is 97.8 cm³/mol. The van der Waals surface area contributed by atoms with Crippen LogP contribution in [0.25, 0.3) is 0 Å². The third-order valence-corrected chi connectivity index (χ3v) is 6.44. The molecule has 1 fully saturated rings. The Kier molecular flexibility index (Phi) is 6.41. The molecule has 0 aliphatic carbocycles. The third kappa shape index (κ3) is 5.28. The van der Waals surface area contributed by atoms with Crippen LogP contribution in [-0.4, -0.2) is 49.3 Å². The minimum Gasteiger partial charge on any atom is -0.481 e. The van der Waals surface area contributed by atoms with Crippen molar-refractivity contribution in [3.05, 3.63) is 35.9 Å². The number of rotatable bonds is 7. The third-order valence-electron chi connectivity index (χ3n) is 4.62. The largest absolute Gasteiger partial charge is 0.481 e. The minimum absolute atomic E-state index is 0.00837. The SMILES string of the molecule is CC(C)(CNC(=O)C1CCCN(S(=O)(=O)Cc2ccccc2)C1)C(=O)O. The number of nitrogens with one attached hydrogen (secondary N) is 1. The molecule has 1 atom stereocenters. The predicted octanol–water partition coefficient (Wildman–Crippen LogP) is 1.46. The van der Waals surface area contributed by atoms with Gasteiger partial charge in [-0.2, -0.15) is 0 Å². The molecular formula is C18H26N2O5S. The summed E-state index contributed by atoms with van der Waals surface area (Å²) in [7, 11) is -3.50. The first-order chi connectivity index (χ1) is 12.1. The highest BCUT2D eigenvalue weighted by atomic mass is 32.2. The second-order valence-electron chi connectivity index (χ2n) is 7.35. The molecule has 1 aromatic carbocycles. The van der Waals surface area contributed by atoms with Crippen LogP contribution in [0.5, 0.6) is 0 Å². The first-order valence-corrected chi connectivity index (χ1v) is 10.3. The number of sulfonamides is 1. The van der Waals surface area contributed by atoms with Gasteiger partial charge < -0.3 is 10.4 Å². The number of hydrogen-bond donors (Lipinski definition) is 2. The van der Waals surface area contributed by atoms with E-state index in [2.05, 4.69) is 5.32 Å². The molecule has 2 rings (SSSR count). The average molecular weight is 382 g/mol. The van der Waals surface area contributed by atoms with Crippen LogP contribution in [-0.2, 0) is 25.4 Å². The van der Waals surface area contributed by atoms with Crippen molar-refractivity contribution >= 4 is 21.9 Å². The van der Waals surface area contributed by atoms with Gasteiger partial charge in [-0.25, -0.2) is 12.7 Å². The molecule has 1 aromatic rings. The maximum atomic E-state index is 12.6. The number of amides is 1. The van der Waals surface area contributed by atoms with Gasteiger partial charge in [-0.3, -0.25) is 9.59 Å². The lowest BCUT2D eigenvalue weighted by Crippen LogP contribution is -2.48. The van der Waals surface area contributed by atoms with Gasteiger partial charge in [0.2, 0.25) is 15.9 Å². The van der Waals surface area contributed by atoms with Crippen molar-refractivity contribution in [3.8, 4) is 0 Å². The van der Waals surface area contributed by atoms with Crippen LogP contribution < -0.4 is 5.32 Å². The lowest BCUT2D eigenvalue weighted by molar-refractivity contribution is -0.146. The molecule has 7 nitrogen and oxygen atoms in total. The Bertz CT molecular complexity index is 746. The van der Waals surface area contributed by atoms with Crippen LogP contribution in [0.15, 0.2) is 30.3 Å². The first kappa shape index (κ1) is 20.4. The van der Waals surface area contributed by atoms with E-state index < -0.39 is 27.3 Å². The molecule has 1 heterocycles. The van der Waals surface area contributed by atoms with E-state index in [-0.39, 0.29) is 24.7 Å². The van der Waals surface area contributed by atoms with Gasteiger partial charge in [-0.1, -0.05) is 30.3 Å². The van der Waals surface area contributed by atoms with Crippen LogP contribution in [0.1, 0.15) is 32.3 Å². The molecule has 0 saturated carbocycles. The summed E-state index contributed by atoms with van der Waals surface area (Å²) in [6.45, 7) is 3.61. The number of carbonyl (C=O) groups is 2. The number of nitrogens with zero attached hydrogens (tertiary/aromatic N) is 1. The molecule has 1 unspecified atom stereocenters. The van der Waals surface area contributed by atoms with Crippen LogP contribution in [0, 0.1) is 11.3 Å². The first-order valence-electron chi connectivity index (χ1n) is 8.65. The summed E-state index contributed by atoms with van der Waals surface area (Å²) in [5, 5.41) is 11.8. The normalized spacial score (nSPS) is 19.1. The monoisotopic (exact) mass is 382 g/mol. The maximum Gasteiger partial charge on any atom is 0.310 e. The van der Waals surface area contributed by atoms with E-state index in [4.69, 9.17) is 5.11 Å². The number of carbonyl (C=O) groups excluding carboxylic acids is 1. The molecule has 26 heavy (non-hydrogen) atoms. The molecule has 1 aliphatic rings. The van der Waals surface area contributed by atoms with Gasteiger partial charge in [-0.15, -0.1) is 0 Å². The Morgan fingerprint density at radius 3 is 2.54 bits per heavy atom. The van der Waals surface area contributed by atoms with Gasteiger partial charge in [0, 0.05) is 19.6 Å². The zero-order chi connectivity index (χ0) is 19.4. The van der Waals surface area contributed by atoms with Crippen LogP contribution in [0.3, 0.4) is 0 Å². The van der Waals surface area contributed by atoms with Gasteiger partial charge in [0.15, 0.2) is 0 Å². The van der Waals surface area contributed by atoms with Gasteiger partial charge in [0.1, 0.15) is 0 Å². The van der Waals surface area contributed by atoms with E-state index in [1.807, 2.05) is 6.07 Å². The van der Waals surface area contributed by atoms with Crippen molar-refractivity contribution in [2.24, 2.45) is 11.3 Å². The fraction of sp³-hybridized carbons (Fsp3) is 0.556. The van der Waals surface area contributed by atoms with Gasteiger partial charge >= 0.3 is 5.97 Å². The molecule has 1 saturated heterocycles. The van der Waals surface area contributed by atoms with Crippen molar-refractivity contribution in [2.45, 2.75) is 32.4 Å². The second-order valence-corrected chi connectivity index (χ2v) is 9.31. The van der Waals surface area contributed by atoms with Crippen molar-refractivity contribution in [1.29, 1.82) is 0 Å². The number of hydrogen-bond acceptors (Lipinski definition) is 4. The molecule has 0 spiro atoms. The van der Waals surface area contributed by atoms with E-state index in [0.717, 1.165) is 0 Å². The summed E-state index contributed by atoms with van der Waals surface area (Å²) in [6.07, 6.45) is 1.20. The highest BCUT2D eigenvalue weighted by Gasteiger charge is 2.34. The maximum absolute atomic E-state index is 12.6. The van der Waals surface area contributed by atoms with Crippen molar-refractivity contribution < 1.29 is 23.1 Å². The zero-order valence-electron chi connectivity index (χ0n) is 15.1. The molecule has 1 amide bonds. The van der Waals surface area contributed by atoms with E-state index >= 15 is 0 Å². The minimum atomic E-state index is -3.50. The summed E-state index contributed by atoms with van der Waals surface area (Å²) in [4.78, 5) is 23.5. The van der Waals surface area contributed by atoms with E-state index in [9.17, 15) is 18.0 Å². The summed E-state index contributed by atoms with van der Waals surface area (Å²) in [5.41, 5.74) is -0.356. The topological polar surface area (TPSA) is 104 Å². The molecule has 1 aliphatic heterocycles.